The first-order chi connectivity index (χ1) is 4.27. The summed E-state index contributed by atoms with van der Waals surface area (Å²) in [7, 11) is -6.89. The molecule has 0 rings (SSSR count). The summed E-state index contributed by atoms with van der Waals surface area (Å²) in [5, 5.41) is 0. The van der Waals surface area contributed by atoms with Gasteiger partial charge in [-0.15, -0.1) is 4.49 Å². The SMILES string of the molecule is COP(=O)(O)NS(C)(=O)=O.[Na+]. The van der Waals surface area contributed by atoms with Crippen LogP contribution in [0.4, 0.5) is 0 Å². The molecule has 0 saturated heterocycles. The molecule has 0 radical (unpaired) electrons. The van der Waals surface area contributed by atoms with Crippen LogP contribution in [0.1, 0.15) is 0 Å². The summed E-state index contributed by atoms with van der Waals surface area (Å²) in [6, 6.07) is 0. The van der Waals surface area contributed by atoms with Crippen molar-refractivity contribution < 1.29 is 52.0 Å². The minimum absolute atomic E-state index is 0. The van der Waals surface area contributed by atoms with E-state index < -0.39 is 17.8 Å². The molecular weight excluding hydrogens is 204 g/mol. The third kappa shape index (κ3) is 8.97. The maximum atomic E-state index is 10.4. The normalized spacial score (nSPS) is 16.6. The van der Waals surface area contributed by atoms with E-state index in [2.05, 4.69) is 4.52 Å². The van der Waals surface area contributed by atoms with E-state index in [9.17, 15) is 13.0 Å². The summed E-state index contributed by atoms with van der Waals surface area (Å²) in [5.41, 5.74) is 0. The zero-order chi connectivity index (χ0) is 8.41. The van der Waals surface area contributed by atoms with Crippen LogP contribution in [-0.2, 0) is 19.1 Å². The van der Waals surface area contributed by atoms with E-state index in [4.69, 9.17) is 4.89 Å². The minimum atomic E-state index is -4.13. The van der Waals surface area contributed by atoms with Gasteiger partial charge in [0.25, 0.3) is 0 Å². The third-order valence-electron chi connectivity index (χ3n) is 0.529. The van der Waals surface area contributed by atoms with Crippen molar-refractivity contribution in [3.05, 3.63) is 0 Å². The van der Waals surface area contributed by atoms with Crippen molar-refractivity contribution in [3.8, 4) is 0 Å². The first-order valence-electron chi connectivity index (χ1n) is 2.14. The van der Waals surface area contributed by atoms with Crippen LogP contribution in [-0.4, -0.2) is 26.7 Å². The molecule has 0 fully saturated rings. The fraction of sp³-hybridized carbons (Fsp3) is 1.00. The van der Waals surface area contributed by atoms with E-state index in [1.165, 1.54) is 4.49 Å². The molecule has 1 unspecified atom stereocenters. The smallest absolute Gasteiger partial charge is 0.312 e. The summed E-state index contributed by atoms with van der Waals surface area (Å²) in [4.78, 5) is 8.50. The molecule has 0 aromatic carbocycles. The predicted octanol–water partition coefficient (Wildman–Crippen LogP) is -3.71. The molecule has 1 atom stereocenters. The molecule has 2 N–H and O–H groups in total. The van der Waals surface area contributed by atoms with E-state index in [0.29, 0.717) is 0 Å². The van der Waals surface area contributed by atoms with Crippen LogP contribution in [0.3, 0.4) is 0 Å². The van der Waals surface area contributed by atoms with Gasteiger partial charge in [-0.05, 0) is 0 Å². The molecule has 0 aromatic heterocycles. The monoisotopic (exact) mass is 212 g/mol. The standard InChI is InChI=1S/C2H8NO5PS.Na/c1-8-9(4,5)3-10(2,6)7;/h1-2H3,(H2,3,4,5);/q;+1. The van der Waals surface area contributed by atoms with Gasteiger partial charge in [-0.2, -0.15) is 0 Å². The minimum Gasteiger partial charge on any atom is -0.312 e. The van der Waals surface area contributed by atoms with Gasteiger partial charge in [-0.3, -0.25) is 4.52 Å². The summed E-state index contributed by atoms with van der Waals surface area (Å²) in [5.74, 6) is 0. The Kier molecular flexibility index (Phi) is 6.54. The number of rotatable bonds is 3. The summed E-state index contributed by atoms with van der Waals surface area (Å²) >= 11 is 0. The predicted molar refractivity (Wildman–Crippen MR) is 34.8 cm³/mol. The van der Waals surface area contributed by atoms with E-state index in [-0.39, 0.29) is 29.6 Å². The maximum Gasteiger partial charge on any atom is 1.00 e. The summed E-state index contributed by atoms with van der Waals surface area (Å²) in [6.45, 7) is 0. The zero-order valence-corrected chi connectivity index (χ0v) is 10.1. The number of hydrogen-bond acceptors (Lipinski definition) is 4. The van der Waals surface area contributed by atoms with Gasteiger partial charge in [0, 0.05) is 7.11 Å². The molecule has 0 aliphatic carbocycles. The first-order valence-corrected chi connectivity index (χ1v) is 5.61. The van der Waals surface area contributed by atoms with Crippen LogP contribution in [0.25, 0.3) is 0 Å². The van der Waals surface area contributed by atoms with Gasteiger partial charge in [0.05, 0.1) is 6.26 Å². The quantitative estimate of drug-likeness (QED) is 0.371. The third-order valence-corrected chi connectivity index (χ3v) is 3.27. The van der Waals surface area contributed by atoms with Crippen LogP contribution in [0, 0.1) is 0 Å². The second-order valence-corrected chi connectivity index (χ2v) is 5.25. The van der Waals surface area contributed by atoms with Crippen LogP contribution in [0.5, 0.6) is 0 Å². The van der Waals surface area contributed by atoms with E-state index >= 15 is 0 Å². The molecule has 0 amide bonds. The Morgan fingerprint density at radius 2 is 1.91 bits per heavy atom. The van der Waals surface area contributed by atoms with Crippen molar-refractivity contribution in [1.82, 2.24) is 4.49 Å². The molecule has 0 bridgehead atoms. The van der Waals surface area contributed by atoms with Gasteiger partial charge >= 0.3 is 37.3 Å². The molecule has 0 heterocycles. The number of sulfonamides is 1. The Hall–Kier alpha value is 1.06. The van der Waals surface area contributed by atoms with Crippen molar-refractivity contribution >= 4 is 17.8 Å². The van der Waals surface area contributed by atoms with Gasteiger partial charge in [-0.1, -0.05) is 0 Å². The van der Waals surface area contributed by atoms with Crippen molar-refractivity contribution in [2.75, 3.05) is 13.4 Å². The van der Waals surface area contributed by atoms with Gasteiger partial charge in [-0.25, -0.2) is 13.0 Å². The molecule has 11 heavy (non-hydrogen) atoms. The molecule has 0 aliphatic rings. The molecule has 0 aliphatic heterocycles. The Balaban J connectivity index is 0. The Morgan fingerprint density at radius 3 is 2.00 bits per heavy atom. The van der Waals surface area contributed by atoms with Crippen LogP contribution in [0.15, 0.2) is 0 Å². The zero-order valence-electron chi connectivity index (χ0n) is 6.44. The fourth-order valence-electron chi connectivity index (χ4n) is 0.247. The largest absolute Gasteiger partial charge is 1.00 e. The van der Waals surface area contributed by atoms with Crippen molar-refractivity contribution in [3.63, 3.8) is 0 Å². The van der Waals surface area contributed by atoms with Crippen molar-refractivity contribution in [2.24, 2.45) is 0 Å². The second kappa shape index (κ2) is 4.94. The van der Waals surface area contributed by atoms with Gasteiger partial charge in [0.1, 0.15) is 0 Å². The van der Waals surface area contributed by atoms with E-state index in [0.717, 1.165) is 13.4 Å². The van der Waals surface area contributed by atoms with Gasteiger partial charge in [0.2, 0.25) is 10.0 Å². The van der Waals surface area contributed by atoms with Crippen LogP contribution >= 0.6 is 7.75 Å². The van der Waals surface area contributed by atoms with Crippen LogP contribution in [0.2, 0.25) is 0 Å². The summed E-state index contributed by atoms with van der Waals surface area (Å²) < 4.78 is 36.3. The Morgan fingerprint density at radius 1 is 1.55 bits per heavy atom. The number of hydrogen-bond donors (Lipinski definition) is 2. The molecule has 9 heteroatoms. The van der Waals surface area contributed by atoms with Gasteiger partial charge in [0.15, 0.2) is 0 Å². The van der Waals surface area contributed by atoms with E-state index in [1.807, 2.05) is 0 Å². The Bertz CT molecular complexity index is 249. The average Bonchev–Trinajstić information content (AvgIpc) is 1.60. The maximum absolute atomic E-state index is 10.4. The Labute approximate surface area is 87.3 Å². The summed E-state index contributed by atoms with van der Waals surface area (Å²) in [6.07, 6.45) is 0.759. The van der Waals surface area contributed by atoms with Crippen LogP contribution < -0.4 is 34.0 Å². The van der Waals surface area contributed by atoms with Gasteiger partial charge < -0.3 is 4.89 Å². The molecule has 6 nitrogen and oxygen atoms in total. The molecular formula is C2H8NNaO5PS+. The second-order valence-electron chi connectivity index (χ2n) is 1.57. The van der Waals surface area contributed by atoms with E-state index in [1.54, 1.807) is 0 Å². The molecule has 62 valence electrons. The molecule has 0 aromatic rings. The van der Waals surface area contributed by atoms with Crippen molar-refractivity contribution in [1.29, 1.82) is 0 Å². The molecule has 0 spiro atoms. The molecule has 0 saturated carbocycles. The first kappa shape index (κ1) is 14.6. The topological polar surface area (TPSA) is 92.7 Å². The fourth-order valence-corrected chi connectivity index (χ4v) is 2.22. The average molecular weight is 212 g/mol. The van der Waals surface area contributed by atoms with Crippen molar-refractivity contribution in [2.45, 2.75) is 0 Å². The number of nitrogens with one attached hydrogen (secondary N) is 1.